The molecule has 0 saturated heterocycles. The molecule has 10 heteroatoms. The molecule has 0 radical (unpaired) electrons. The van der Waals surface area contributed by atoms with Crippen LogP contribution >= 0.6 is 45.9 Å². The number of rotatable bonds is 8. The average molecular weight is 597 g/mol. The van der Waals surface area contributed by atoms with Crippen molar-refractivity contribution >= 4 is 67.8 Å². The molecule has 196 valence electrons. The smallest absolute Gasteiger partial charge is 0.235 e. The fourth-order valence-electron chi connectivity index (χ4n) is 4.11. The van der Waals surface area contributed by atoms with Crippen LogP contribution in [0.3, 0.4) is 0 Å². The molecule has 6 aromatic rings. The molecule has 0 amide bonds. The van der Waals surface area contributed by atoms with Crippen LogP contribution in [0.25, 0.3) is 43.2 Å². The van der Waals surface area contributed by atoms with E-state index >= 15 is 0 Å². The molecule has 0 bridgehead atoms. The highest BCUT2D eigenvalue weighted by Gasteiger charge is 2.20. The molecule has 0 aliphatic carbocycles. The second kappa shape index (κ2) is 10.9. The van der Waals surface area contributed by atoms with Crippen molar-refractivity contribution in [3.8, 4) is 32.8 Å². The Bertz CT molecular complexity index is 1770. The molecule has 39 heavy (non-hydrogen) atoms. The first-order chi connectivity index (χ1) is 19.0. The third kappa shape index (κ3) is 5.08. The van der Waals surface area contributed by atoms with Crippen LogP contribution in [0.4, 0.5) is 0 Å². The molecule has 0 spiro atoms. The topological polar surface area (TPSA) is 78.9 Å². The van der Waals surface area contributed by atoms with Gasteiger partial charge in [0.25, 0.3) is 0 Å². The zero-order chi connectivity index (χ0) is 26.9. The van der Waals surface area contributed by atoms with Crippen LogP contribution in [0.2, 0.25) is 10.0 Å². The molecule has 4 heterocycles. The van der Waals surface area contributed by atoms with Gasteiger partial charge in [-0.3, -0.25) is 9.59 Å². The van der Waals surface area contributed by atoms with Crippen molar-refractivity contribution in [2.45, 2.75) is 6.42 Å². The summed E-state index contributed by atoms with van der Waals surface area (Å²) in [5, 5.41) is 5.31. The fourth-order valence-corrected chi connectivity index (χ4v) is 5.86. The Hall–Kier alpha value is -3.56. The average Bonchev–Trinajstić information content (AvgIpc) is 3.66. The third-order valence-corrected chi connectivity index (χ3v) is 8.10. The Balaban J connectivity index is 1.25. The van der Waals surface area contributed by atoms with Crippen molar-refractivity contribution in [1.82, 2.24) is 0 Å². The lowest BCUT2D eigenvalue weighted by molar-refractivity contribution is 0.241. The Kier molecular flexibility index (Phi) is 7.18. The summed E-state index contributed by atoms with van der Waals surface area (Å²) in [6.07, 6.45) is 0.383. The van der Waals surface area contributed by atoms with E-state index in [2.05, 4.69) is 0 Å². The second-order valence-electron chi connectivity index (χ2n) is 8.46. The summed E-state index contributed by atoms with van der Waals surface area (Å²) in [5.74, 6) is 0.924. The van der Waals surface area contributed by atoms with Gasteiger partial charge in [0.2, 0.25) is 22.4 Å². The molecule has 0 aliphatic rings. The standard InChI is InChI=1S/C29H18Cl2O6S2/c30-16-6-8-20-18(14-16)24(32)28(26(36-20)22-4-1-12-38-22)34-10-3-11-35-29-25(33)19-15-17(31)7-9-21(19)37-27(29)23-5-2-13-39-23/h1-2,4-9,12-15H,3,10-11H2. The summed E-state index contributed by atoms with van der Waals surface area (Å²) in [5.41, 5.74) is 0.227. The van der Waals surface area contributed by atoms with Crippen molar-refractivity contribution in [2.75, 3.05) is 13.2 Å². The summed E-state index contributed by atoms with van der Waals surface area (Å²) in [6, 6.07) is 17.3. The van der Waals surface area contributed by atoms with Crippen molar-refractivity contribution in [2.24, 2.45) is 0 Å². The van der Waals surface area contributed by atoms with Gasteiger partial charge in [-0.05, 0) is 59.3 Å². The SMILES string of the molecule is O=c1c(OCCCOc2c(-c3cccs3)oc3ccc(Cl)cc3c2=O)c(-c2cccs2)oc2ccc(Cl)cc12. The molecule has 0 aliphatic heterocycles. The first-order valence-electron chi connectivity index (χ1n) is 11.9. The molecule has 0 N–H and O–H groups in total. The van der Waals surface area contributed by atoms with E-state index in [-0.39, 0.29) is 35.6 Å². The highest BCUT2D eigenvalue weighted by molar-refractivity contribution is 7.13. The number of hydrogen-bond acceptors (Lipinski definition) is 8. The van der Waals surface area contributed by atoms with Crippen molar-refractivity contribution < 1.29 is 18.3 Å². The molecule has 0 fully saturated rings. The van der Waals surface area contributed by atoms with Crippen LogP contribution in [-0.2, 0) is 0 Å². The largest absolute Gasteiger partial charge is 0.486 e. The number of thiophene rings is 2. The van der Waals surface area contributed by atoms with Crippen LogP contribution < -0.4 is 20.3 Å². The van der Waals surface area contributed by atoms with E-state index in [1.54, 1.807) is 36.4 Å². The molecule has 0 atom stereocenters. The summed E-state index contributed by atoms with van der Waals surface area (Å²) in [7, 11) is 0. The Morgan fingerprint density at radius 3 is 1.54 bits per heavy atom. The maximum absolute atomic E-state index is 13.3. The van der Waals surface area contributed by atoms with Gasteiger partial charge in [0.1, 0.15) is 11.2 Å². The van der Waals surface area contributed by atoms with Crippen LogP contribution in [-0.4, -0.2) is 13.2 Å². The fraction of sp³-hybridized carbons (Fsp3) is 0.103. The third-order valence-electron chi connectivity index (χ3n) is 5.89. The Morgan fingerprint density at radius 2 is 1.13 bits per heavy atom. The van der Waals surface area contributed by atoms with Gasteiger partial charge in [0, 0.05) is 16.5 Å². The highest BCUT2D eigenvalue weighted by Crippen LogP contribution is 2.36. The van der Waals surface area contributed by atoms with E-state index in [1.165, 1.54) is 22.7 Å². The molecule has 0 unspecified atom stereocenters. The molecule has 6 nitrogen and oxygen atoms in total. The lowest BCUT2D eigenvalue weighted by Crippen LogP contribution is -2.15. The van der Waals surface area contributed by atoms with E-state index in [1.807, 2.05) is 35.0 Å². The molecule has 6 rings (SSSR count). The molecule has 0 saturated carbocycles. The van der Waals surface area contributed by atoms with Gasteiger partial charge in [-0.2, -0.15) is 0 Å². The number of hydrogen-bond donors (Lipinski definition) is 0. The predicted molar refractivity (Wildman–Crippen MR) is 157 cm³/mol. The number of halogens is 2. The van der Waals surface area contributed by atoms with Crippen molar-refractivity contribution in [1.29, 1.82) is 0 Å². The minimum atomic E-state index is -0.310. The first-order valence-corrected chi connectivity index (χ1v) is 14.4. The zero-order valence-electron chi connectivity index (χ0n) is 20.1. The van der Waals surface area contributed by atoms with E-state index < -0.39 is 0 Å². The summed E-state index contributed by atoms with van der Waals surface area (Å²) in [4.78, 5) is 28.2. The predicted octanol–water partition coefficient (Wildman–Crippen LogP) is 8.51. The van der Waals surface area contributed by atoms with Gasteiger partial charge in [0.05, 0.1) is 33.7 Å². The van der Waals surface area contributed by atoms with Crippen molar-refractivity contribution in [3.63, 3.8) is 0 Å². The van der Waals surface area contributed by atoms with Gasteiger partial charge in [0.15, 0.2) is 11.5 Å². The minimum absolute atomic E-state index is 0.103. The highest BCUT2D eigenvalue weighted by atomic mass is 35.5. The molecular weight excluding hydrogens is 579 g/mol. The lowest BCUT2D eigenvalue weighted by Gasteiger charge is -2.12. The quantitative estimate of drug-likeness (QED) is 0.164. The maximum atomic E-state index is 13.3. The second-order valence-corrected chi connectivity index (χ2v) is 11.2. The van der Waals surface area contributed by atoms with E-state index in [4.69, 9.17) is 41.5 Å². The summed E-state index contributed by atoms with van der Waals surface area (Å²) < 4.78 is 24.0. The van der Waals surface area contributed by atoms with Gasteiger partial charge >= 0.3 is 0 Å². The summed E-state index contributed by atoms with van der Waals surface area (Å²) in [6.45, 7) is 0.294. The van der Waals surface area contributed by atoms with Crippen LogP contribution in [0.5, 0.6) is 11.5 Å². The maximum Gasteiger partial charge on any atom is 0.235 e. The number of ether oxygens (including phenoxy) is 2. The van der Waals surface area contributed by atoms with E-state index in [0.29, 0.717) is 49.9 Å². The van der Waals surface area contributed by atoms with Gasteiger partial charge in [-0.25, -0.2) is 0 Å². The van der Waals surface area contributed by atoms with Crippen LogP contribution in [0, 0.1) is 0 Å². The number of benzene rings is 2. The van der Waals surface area contributed by atoms with Crippen molar-refractivity contribution in [3.05, 3.63) is 102 Å². The molecular formula is C29H18Cl2O6S2. The van der Waals surface area contributed by atoms with Gasteiger partial charge in [-0.15, -0.1) is 22.7 Å². The summed E-state index contributed by atoms with van der Waals surface area (Å²) >= 11 is 15.1. The van der Waals surface area contributed by atoms with Crippen LogP contribution in [0.15, 0.2) is 89.8 Å². The Morgan fingerprint density at radius 1 is 0.667 bits per heavy atom. The minimum Gasteiger partial charge on any atom is -0.486 e. The van der Waals surface area contributed by atoms with Crippen LogP contribution in [0.1, 0.15) is 6.42 Å². The van der Waals surface area contributed by atoms with Gasteiger partial charge < -0.3 is 18.3 Å². The lowest BCUT2D eigenvalue weighted by atomic mass is 10.2. The first kappa shape index (κ1) is 25.7. The molecule has 4 aromatic heterocycles. The normalized spacial score (nSPS) is 11.3. The zero-order valence-corrected chi connectivity index (χ0v) is 23.2. The van der Waals surface area contributed by atoms with E-state index in [9.17, 15) is 9.59 Å². The van der Waals surface area contributed by atoms with E-state index in [0.717, 1.165) is 9.75 Å². The van der Waals surface area contributed by atoms with Gasteiger partial charge in [-0.1, -0.05) is 35.3 Å². The monoisotopic (exact) mass is 596 g/mol. The molecule has 2 aromatic carbocycles. The Labute approximate surface area is 239 Å². The number of fused-ring (bicyclic) bond motifs is 2.